The molecule has 0 N–H and O–H groups in total. The summed E-state index contributed by atoms with van der Waals surface area (Å²) in [5, 5.41) is 10.5. The molecule has 0 aromatic heterocycles. The molecule has 0 spiro atoms. The fourth-order valence-corrected chi connectivity index (χ4v) is 1.78. The van der Waals surface area contributed by atoms with E-state index in [0.29, 0.717) is 0 Å². The van der Waals surface area contributed by atoms with Crippen LogP contribution in [-0.2, 0) is 4.79 Å². The van der Waals surface area contributed by atoms with Crippen LogP contribution in [0, 0.1) is 21.3 Å². The van der Waals surface area contributed by atoms with Crippen molar-refractivity contribution in [3.63, 3.8) is 0 Å². The molecule has 1 unspecified atom stereocenters. The molecule has 1 atom stereocenters. The van der Waals surface area contributed by atoms with Gasteiger partial charge in [0.05, 0.1) is 16.4 Å². The molecule has 1 saturated carbocycles. The number of hydrogen-bond acceptors (Lipinski definition) is 4. The predicted molar refractivity (Wildman–Crippen MR) is 60.9 cm³/mol. The number of halogens is 1. The van der Waals surface area contributed by atoms with Gasteiger partial charge in [0.25, 0.3) is 5.69 Å². The van der Waals surface area contributed by atoms with Crippen LogP contribution in [0.2, 0.25) is 0 Å². The van der Waals surface area contributed by atoms with Gasteiger partial charge in [0.2, 0.25) is 0 Å². The quantitative estimate of drug-likeness (QED) is 0.613. The number of nitro benzene ring substituents is 1. The summed E-state index contributed by atoms with van der Waals surface area (Å²) in [7, 11) is 0. The summed E-state index contributed by atoms with van der Waals surface area (Å²) in [4.78, 5) is 21.1. The molecule has 0 heterocycles. The van der Waals surface area contributed by atoms with Crippen LogP contribution in [0.3, 0.4) is 0 Å². The van der Waals surface area contributed by atoms with Gasteiger partial charge >= 0.3 is 0 Å². The zero-order valence-corrected chi connectivity index (χ0v) is 9.97. The van der Waals surface area contributed by atoms with Crippen molar-refractivity contribution in [3.05, 3.63) is 34.1 Å². The molecule has 6 heteroatoms. The summed E-state index contributed by atoms with van der Waals surface area (Å²) >= 11 is 0. The summed E-state index contributed by atoms with van der Waals surface area (Å²) in [6, 6.07) is 3.20. The van der Waals surface area contributed by atoms with Gasteiger partial charge < -0.3 is 4.74 Å². The molecule has 0 bridgehead atoms. The Bertz CT molecular complexity index is 527. The van der Waals surface area contributed by atoms with Crippen molar-refractivity contribution in [1.82, 2.24) is 0 Å². The first-order valence-corrected chi connectivity index (χ1v) is 5.46. The summed E-state index contributed by atoms with van der Waals surface area (Å²) in [6.45, 7) is 3.46. The zero-order valence-electron chi connectivity index (χ0n) is 9.97. The van der Waals surface area contributed by atoms with Gasteiger partial charge in [-0.15, -0.1) is 0 Å². The van der Waals surface area contributed by atoms with Crippen molar-refractivity contribution < 1.29 is 18.8 Å². The van der Waals surface area contributed by atoms with Crippen LogP contribution in [0.5, 0.6) is 5.75 Å². The molecule has 0 aliphatic heterocycles. The Kier molecular flexibility index (Phi) is 2.80. The molecule has 5 nitrogen and oxygen atoms in total. The molecule has 18 heavy (non-hydrogen) atoms. The number of nitrogens with zero attached hydrogens (tertiary/aromatic N) is 1. The van der Waals surface area contributed by atoms with Gasteiger partial charge in [-0.1, -0.05) is 0 Å². The number of benzene rings is 1. The number of hydrogen-bond donors (Lipinski definition) is 0. The number of nitro groups is 1. The average Bonchev–Trinajstić information content (AvgIpc) is 2.30. The molecule has 0 amide bonds. The van der Waals surface area contributed by atoms with Gasteiger partial charge in [-0.05, 0) is 19.9 Å². The second kappa shape index (κ2) is 4.04. The lowest BCUT2D eigenvalue weighted by molar-refractivity contribution is -0.385. The van der Waals surface area contributed by atoms with Crippen LogP contribution in [0.15, 0.2) is 18.2 Å². The molecule has 96 valence electrons. The third-order valence-corrected chi connectivity index (χ3v) is 3.29. The fourth-order valence-electron chi connectivity index (χ4n) is 1.78. The molecule has 0 saturated heterocycles. The number of non-ortho nitro benzene ring substituents is 1. The maximum atomic E-state index is 13.6. The van der Waals surface area contributed by atoms with E-state index in [4.69, 9.17) is 4.74 Å². The van der Waals surface area contributed by atoms with Crippen LogP contribution in [0.25, 0.3) is 0 Å². The molecular weight excluding hydrogens is 241 g/mol. The molecule has 1 aliphatic rings. The van der Waals surface area contributed by atoms with Gasteiger partial charge in [-0.3, -0.25) is 14.9 Å². The molecule has 1 aromatic carbocycles. The van der Waals surface area contributed by atoms with E-state index in [1.165, 1.54) is 12.1 Å². The van der Waals surface area contributed by atoms with Crippen molar-refractivity contribution in [3.8, 4) is 5.75 Å². The molecule has 2 rings (SSSR count). The van der Waals surface area contributed by atoms with E-state index < -0.39 is 16.2 Å². The number of ketones is 1. The zero-order chi connectivity index (χ0) is 13.5. The lowest BCUT2D eigenvalue weighted by Crippen LogP contribution is -2.53. The highest BCUT2D eigenvalue weighted by Gasteiger charge is 2.49. The molecule has 1 aliphatic carbocycles. The van der Waals surface area contributed by atoms with Gasteiger partial charge in [0.15, 0.2) is 11.6 Å². The number of carbonyl (C=O) groups excluding carboxylic acids is 1. The molecule has 0 radical (unpaired) electrons. The summed E-state index contributed by atoms with van der Waals surface area (Å²) in [5.41, 5.74) is -0.961. The van der Waals surface area contributed by atoms with E-state index in [2.05, 4.69) is 0 Å². The van der Waals surface area contributed by atoms with Crippen LogP contribution < -0.4 is 4.74 Å². The smallest absolute Gasteiger partial charge is 0.272 e. The third-order valence-electron chi connectivity index (χ3n) is 3.29. The second-order valence-electron chi connectivity index (χ2n) is 4.83. The topological polar surface area (TPSA) is 69.4 Å². The third kappa shape index (κ3) is 1.94. The Morgan fingerprint density at radius 1 is 1.50 bits per heavy atom. The second-order valence-corrected chi connectivity index (χ2v) is 4.83. The standard InChI is InChI=1S/C12H12FNO4/c1-12(2)10(15)6-11(12)18-9-4-3-7(14(16)17)5-8(9)13/h3-5,11H,6H2,1-2H3. The number of carbonyl (C=O) groups is 1. The average molecular weight is 253 g/mol. The van der Waals surface area contributed by atoms with Crippen LogP contribution in [-0.4, -0.2) is 16.8 Å². The van der Waals surface area contributed by atoms with Gasteiger partial charge in [0, 0.05) is 12.5 Å². The maximum absolute atomic E-state index is 13.6. The number of rotatable bonds is 3. The van der Waals surface area contributed by atoms with Gasteiger partial charge in [-0.2, -0.15) is 0 Å². The maximum Gasteiger partial charge on any atom is 0.272 e. The first-order chi connectivity index (χ1) is 8.32. The van der Waals surface area contributed by atoms with Crippen LogP contribution >= 0.6 is 0 Å². The lowest BCUT2D eigenvalue weighted by Gasteiger charge is -2.41. The minimum Gasteiger partial charge on any atom is -0.486 e. The first kappa shape index (κ1) is 12.5. The van der Waals surface area contributed by atoms with Crippen molar-refractivity contribution in [2.24, 2.45) is 5.41 Å². The summed E-state index contributed by atoms with van der Waals surface area (Å²) in [5.74, 6) is -0.791. The SMILES string of the molecule is CC1(C)C(=O)CC1Oc1ccc([N+](=O)[O-])cc1F. The lowest BCUT2D eigenvalue weighted by atomic mass is 9.68. The highest BCUT2D eigenvalue weighted by atomic mass is 19.1. The highest BCUT2D eigenvalue weighted by Crippen LogP contribution is 2.40. The van der Waals surface area contributed by atoms with Crippen molar-refractivity contribution in [1.29, 1.82) is 0 Å². The predicted octanol–water partition coefficient (Wildman–Crippen LogP) is 2.48. The van der Waals surface area contributed by atoms with Crippen molar-refractivity contribution in [2.75, 3.05) is 0 Å². The Labute approximate surface area is 103 Å². The number of Topliss-reactive ketones (excluding diaryl/α,β-unsaturated/α-hetero) is 1. The van der Waals surface area contributed by atoms with Gasteiger partial charge in [0.1, 0.15) is 11.9 Å². The van der Waals surface area contributed by atoms with E-state index >= 15 is 0 Å². The van der Waals surface area contributed by atoms with E-state index in [0.717, 1.165) is 6.07 Å². The Morgan fingerprint density at radius 3 is 2.61 bits per heavy atom. The first-order valence-electron chi connectivity index (χ1n) is 5.46. The largest absolute Gasteiger partial charge is 0.486 e. The Balaban J connectivity index is 2.16. The fraction of sp³-hybridized carbons (Fsp3) is 0.417. The van der Waals surface area contributed by atoms with Crippen LogP contribution in [0.4, 0.5) is 10.1 Å². The summed E-state index contributed by atoms with van der Waals surface area (Å²) < 4.78 is 18.9. The normalized spacial score (nSPS) is 21.3. The molecular formula is C12H12FNO4. The number of ether oxygens (including phenoxy) is 1. The van der Waals surface area contributed by atoms with E-state index in [1.54, 1.807) is 13.8 Å². The highest BCUT2D eigenvalue weighted by molar-refractivity contribution is 5.91. The van der Waals surface area contributed by atoms with E-state index in [9.17, 15) is 19.3 Å². The Hall–Kier alpha value is -1.98. The molecule has 1 fully saturated rings. The van der Waals surface area contributed by atoms with E-state index in [1.807, 2.05) is 0 Å². The van der Waals surface area contributed by atoms with Crippen molar-refractivity contribution in [2.45, 2.75) is 26.4 Å². The minimum atomic E-state index is -0.792. The molecule has 1 aromatic rings. The van der Waals surface area contributed by atoms with Gasteiger partial charge in [-0.25, -0.2) is 4.39 Å². The Morgan fingerprint density at radius 2 is 2.17 bits per heavy atom. The minimum absolute atomic E-state index is 0.0637. The van der Waals surface area contributed by atoms with E-state index in [-0.39, 0.29) is 29.7 Å². The van der Waals surface area contributed by atoms with Crippen molar-refractivity contribution >= 4 is 11.5 Å². The van der Waals surface area contributed by atoms with Crippen LogP contribution in [0.1, 0.15) is 20.3 Å². The summed E-state index contributed by atoms with van der Waals surface area (Å²) in [6.07, 6.45) is -0.148. The monoisotopic (exact) mass is 253 g/mol.